The molecule has 0 aliphatic carbocycles. The Bertz CT molecular complexity index is 321. The highest BCUT2D eigenvalue weighted by atomic mass is 79.9. The molecule has 2 nitrogen and oxygen atoms in total. The zero-order valence-electron chi connectivity index (χ0n) is 10.5. The zero-order chi connectivity index (χ0) is 12.2. The maximum absolute atomic E-state index is 3.52. The van der Waals surface area contributed by atoms with Gasteiger partial charge >= 0.3 is 0 Å². The third kappa shape index (κ3) is 5.43. The molecule has 0 aromatic carbocycles. The average Bonchev–Trinajstić information content (AvgIpc) is 2.48. The van der Waals surface area contributed by atoms with E-state index in [1.54, 1.807) is 11.3 Å². The van der Waals surface area contributed by atoms with Gasteiger partial charge in [0.1, 0.15) is 0 Å². The van der Waals surface area contributed by atoms with Crippen LogP contribution in [0.2, 0.25) is 0 Å². The fraction of sp³-hybridized carbons (Fsp3) is 0.667. The van der Waals surface area contributed by atoms with Crippen molar-refractivity contribution < 1.29 is 0 Å². The Morgan fingerprint density at radius 2 is 2.12 bits per heavy atom. The fourth-order valence-corrected chi connectivity index (χ4v) is 3.10. The molecule has 0 amide bonds. The van der Waals surface area contributed by atoms with E-state index < -0.39 is 0 Å². The molecule has 0 aliphatic rings. The second-order valence-electron chi connectivity index (χ2n) is 5.26. The summed E-state index contributed by atoms with van der Waals surface area (Å²) in [5.74, 6) is 0. The quantitative estimate of drug-likeness (QED) is 0.868. The Balaban J connectivity index is 2.29. The smallest absolute Gasteiger partial charge is 0.0701 e. The minimum absolute atomic E-state index is 0.316. The van der Waals surface area contributed by atoms with E-state index in [-0.39, 0.29) is 0 Å². The van der Waals surface area contributed by atoms with Crippen molar-refractivity contribution in [2.24, 2.45) is 5.41 Å². The second kappa shape index (κ2) is 6.15. The first-order valence-electron chi connectivity index (χ1n) is 5.47. The Morgan fingerprint density at radius 3 is 2.62 bits per heavy atom. The number of halogens is 1. The molecule has 1 N–H and O–H groups in total. The average molecular weight is 305 g/mol. The summed E-state index contributed by atoms with van der Waals surface area (Å²) in [6.07, 6.45) is 0. The van der Waals surface area contributed by atoms with Crippen molar-refractivity contribution in [3.8, 4) is 0 Å². The van der Waals surface area contributed by atoms with E-state index in [1.807, 2.05) is 0 Å². The minimum Gasteiger partial charge on any atom is -0.312 e. The molecule has 0 fully saturated rings. The maximum atomic E-state index is 3.52. The SMILES string of the molecule is CN(C)CC(C)(C)CNCc1csc(Br)c1. The van der Waals surface area contributed by atoms with Crippen molar-refractivity contribution in [3.63, 3.8) is 0 Å². The van der Waals surface area contributed by atoms with Gasteiger partial charge in [0.15, 0.2) is 0 Å². The summed E-state index contributed by atoms with van der Waals surface area (Å²) in [7, 11) is 4.25. The Morgan fingerprint density at radius 1 is 1.44 bits per heavy atom. The molecular weight excluding hydrogens is 284 g/mol. The van der Waals surface area contributed by atoms with E-state index in [4.69, 9.17) is 0 Å². The second-order valence-corrected chi connectivity index (χ2v) is 7.56. The van der Waals surface area contributed by atoms with Gasteiger partial charge in [0.25, 0.3) is 0 Å². The van der Waals surface area contributed by atoms with Crippen molar-refractivity contribution in [3.05, 3.63) is 20.8 Å². The van der Waals surface area contributed by atoms with E-state index in [0.29, 0.717) is 5.41 Å². The third-order valence-electron chi connectivity index (χ3n) is 2.30. The highest BCUT2D eigenvalue weighted by Gasteiger charge is 2.18. The minimum atomic E-state index is 0.316. The Kier molecular flexibility index (Phi) is 5.44. The van der Waals surface area contributed by atoms with Crippen molar-refractivity contribution in [1.82, 2.24) is 10.2 Å². The molecule has 0 saturated carbocycles. The largest absolute Gasteiger partial charge is 0.312 e. The number of rotatable bonds is 6. The first-order chi connectivity index (χ1) is 7.39. The molecule has 1 aromatic rings. The van der Waals surface area contributed by atoms with Gasteiger partial charge in [-0.3, -0.25) is 0 Å². The number of thiophene rings is 1. The van der Waals surface area contributed by atoms with Crippen LogP contribution in [0.15, 0.2) is 15.2 Å². The monoisotopic (exact) mass is 304 g/mol. The van der Waals surface area contributed by atoms with Crippen LogP contribution < -0.4 is 5.32 Å². The molecule has 4 heteroatoms. The van der Waals surface area contributed by atoms with E-state index >= 15 is 0 Å². The summed E-state index contributed by atoms with van der Waals surface area (Å²) in [6, 6.07) is 2.18. The molecular formula is C12H21BrN2S. The van der Waals surface area contributed by atoms with Crippen LogP contribution in [0.4, 0.5) is 0 Å². The van der Waals surface area contributed by atoms with Crippen molar-refractivity contribution in [1.29, 1.82) is 0 Å². The third-order valence-corrected chi connectivity index (χ3v) is 3.85. The normalized spacial score (nSPS) is 12.4. The van der Waals surface area contributed by atoms with Crippen LogP contribution in [0.5, 0.6) is 0 Å². The molecule has 1 heterocycles. The molecule has 0 aliphatic heterocycles. The molecule has 92 valence electrons. The molecule has 1 rings (SSSR count). The summed E-state index contributed by atoms with van der Waals surface area (Å²) in [4.78, 5) is 2.24. The molecule has 0 saturated heterocycles. The van der Waals surface area contributed by atoms with Crippen molar-refractivity contribution in [2.75, 3.05) is 27.2 Å². The fourth-order valence-electron chi connectivity index (χ4n) is 1.90. The number of nitrogens with one attached hydrogen (secondary N) is 1. The van der Waals surface area contributed by atoms with Crippen LogP contribution in [0.1, 0.15) is 19.4 Å². The van der Waals surface area contributed by atoms with E-state index in [1.165, 1.54) is 9.35 Å². The topological polar surface area (TPSA) is 15.3 Å². The van der Waals surface area contributed by atoms with Gasteiger partial charge in [0.2, 0.25) is 0 Å². The summed E-state index contributed by atoms with van der Waals surface area (Å²) in [6.45, 7) is 7.69. The molecule has 0 bridgehead atoms. The van der Waals surface area contributed by atoms with Gasteiger partial charge < -0.3 is 10.2 Å². The highest BCUT2D eigenvalue weighted by Crippen LogP contribution is 2.21. The van der Waals surface area contributed by atoms with Gasteiger partial charge in [-0.2, -0.15) is 0 Å². The first-order valence-corrected chi connectivity index (χ1v) is 7.15. The molecule has 1 aromatic heterocycles. The number of hydrogen-bond acceptors (Lipinski definition) is 3. The number of nitrogens with zero attached hydrogens (tertiary/aromatic N) is 1. The number of hydrogen-bond donors (Lipinski definition) is 1. The standard InChI is InChI=1S/C12H21BrN2S/c1-12(2,9-15(3)4)8-14-6-10-5-11(13)16-7-10/h5,7,14H,6,8-9H2,1-4H3. The lowest BCUT2D eigenvalue weighted by atomic mass is 9.93. The van der Waals surface area contributed by atoms with Crippen LogP contribution in [0, 0.1) is 5.41 Å². The van der Waals surface area contributed by atoms with Gasteiger partial charge in [-0.1, -0.05) is 13.8 Å². The first kappa shape index (κ1) is 14.2. The molecule has 16 heavy (non-hydrogen) atoms. The lowest BCUT2D eigenvalue weighted by Gasteiger charge is -2.28. The predicted octanol–water partition coefficient (Wildman–Crippen LogP) is 3.19. The van der Waals surface area contributed by atoms with Gasteiger partial charge in [0.05, 0.1) is 3.79 Å². The van der Waals surface area contributed by atoms with Crippen LogP contribution in [0.3, 0.4) is 0 Å². The van der Waals surface area contributed by atoms with Crippen LogP contribution >= 0.6 is 27.3 Å². The predicted molar refractivity (Wildman–Crippen MR) is 76.1 cm³/mol. The summed E-state index contributed by atoms with van der Waals surface area (Å²) in [5, 5.41) is 5.71. The van der Waals surface area contributed by atoms with Crippen molar-refractivity contribution >= 4 is 27.3 Å². The Labute approximate surface area is 111 Å². The van der Waals surface area contributed by atoms with E-state index in [9.17, 15) is 0 Å². The van der Waals surface area contributed by atoms with E-state index in [0.717, 1.165) is 19.6 Å². The summed E-state index contributed by atoms with van der Waals surface area (Å²) >= 11 is 5.22. The van der Waals surface area contributed by atoms with Gasteiger partial charge in [-0.25, -0.2) is 0 Å². The van der Waals surface area contributed by atoms with Gasteiger partial charge in [0, 0.05) is 19.6 Å². The summed E-state index contributed by atoms with van der Waals surface area (Å²) < 4.78 is 1.21. The highest BCUT2D eigenvalue weighted by molar-refractivity contribution is 9.11. The van der Waals surface area contributed by atoms with Crippen molar-refractivity contribution in [2.45, 2.75) is 20.4 Å². The molecule has 0 spiro atoms. The molecule has 0 atom stereocenters. The summed E-state index contributed by atoms with van der Waals surface area (Å²) in [5.41, 5.74) is 1.68. The van der Waals surface area contributed by atoms with Crippen LogP contribution in [-0.2, 0) is 6.54 Å². The van der Waals surface area contributed by atoms with Crippen LogP contribution in [-0.4, -0.2) is 32.1 Å². The lowest BCUT2D eigenvalue weighted by Crippen LogP contribution is -2.37. The van der Waals surface area contributed by atoms with Crippen LogP contribution in [0.25, 0.3) is 0 Å². The van der Waals surface area contributed by atoms with Gasteiger partial charge in [-0.05, 0) is 52.5 Å². The van der Waals surface area contributed by atoms with E-state index in [2.05, 4.69) is 65.5 Å². The lowest BCUT2D eigenvalue weighted by molar-refractivity contribution is 0.232. The Hall–Kier alpha value is 0.100. The maximum Gasteiger partial charge on any atom is 0.0701 e. The molecule has 0 radical (unpaired) electrons. The molecule has 0 unspecified atom stereocenters. The van der Waals surface area contributed by atoms with Gasteiger partial charge in [-0.15, -0.1) is 11.3 Å². The zero-order valence-corrected chi connectivity index (χ0v) is 12.9.